The molecule has 0 saturated heterocycles. The number of ether oxygens (including phenoxy) is 3. The van der Waals surface area contributed by atoms with Gasteiger partial charge in [-0.2, -0.15) is 0 Å². The average Bonchev–Trinajstić information content (AvgIpc) is 2.77. The maximum Gasteiger partial charge on any atom is 0.337 e. The highest BCUT2D eigenvalue weighted by atomic mass is 16.6. The number of esters is 2. The van der Waals surface area contributed by atoms with Crippen LogP contribution in [0.4, 0.5) is 5.69 Å². The zero-order valence-electron chi connectivity index (χ0n) is 16.5. The molecule has 0 saturated carbocycles. The minimum Gasteiger partial charge on any atom is -0.496 e. The van der Waals surface area contributed by atoms with Crippen LogP contribution in [-0.2, 0) is 20.7 Å². The predicted octanol–water partition coefficient (Wildman–Crippen LogP) is 1.90. The van der Waals surface area contributed by atoms with Gasteiger partial charge in [-0.05, 0) is 24.3 Å². The summed E-state index contributed by atoms with van der Waals surface area (Å²) in [6.45, 7) is 0. The van der Waals surface area contributed by atoms with Crippen molar-refractivity contribution in [3.8, 4) is 5.75 Å². The van der Waals surface area contributed by atoms with E-state index in [9.17, 15) is 24.5 Å². The maximum absolute atomic E-state index is 12.6. The third kappa shape index (κ3) is 5.31. The van der Waals surface area contributed by atoms with Crippen LogP contribution in [-0.4, -0.2) is 50.1 Å². The lowest BCUT2D eigenvalue weighted by Crippen LogP contribution is -2.43. The van der Waals surface area contributed by atoms with Gasteiger partial charge in [0.2, 0.25) is 0 Å². The van der Waals surface area contributed by atoms with Gasteiger partial charge in [0, 0.05) is 29.7 Å². The standard InChI is InChI=1S/C20H20N2O8/c1-28-17-8-7-15(22(26)27)10-14(17)11-16(20(25)30-3)21-18(23)12-5-4-6-13(9-12)19(24)29-2/h4-10,16H,11H2,1-3H3,(H,21,23)/t16-/m0/s1. The van der Waals surface area contributed by atoms with E-state index in [2.05, 4.69) is 10.1 Å². The van der Waals surface area contributed by atoms with Crippen molar-refractivity contribution in [3.05, 3.63) is 69.3 Å². The molecule has 0 radical (unpaired) electrons. The molecule has 158 valence electrons. The fourth-order valence-corrected chi connectivity index (χ4v) is 2.74. The van der Waals surface area contributed by atoms with Crippen LogP contribution in [0.1, 0.15) is 26.3 Å². The van der Waals surface area contributed by atoms with Gasteiger partial charge in [-0.25, -0.2) is 9.59 Å². The van der Waals surface area contributed by atoms with Gasteiger partial charge in [0.1, 0.15) is 11.8 Å². The number of non-ortho nitro benzene ring substituents is 1. The van der Waals surface area contributed by atoms with Crippen molar-refractivity contribution in [2.45, 2.75) is 12.5 Å². The summed E-state index contributed by atoms with van der Waals surface area (Å²) in [6, 6.07) is 8.55. The summed E-state index contributed by atoms with van der Waals surface area (Å²) in [6.07, 6.45) is -0.111. The van der Waals surface area contributed by atoms with E-state index in [1.54, 1.807) is 0 Å². The second kappa shape index (κ2) is 10.0. The molecule has 0 aromatic heterocycles. The first-order valence-corrected chi connectivity index (χ1v) is 8.69. The third-order valence-electron chi connectivity index (χ3n) is 4.24. The number of nitrogens with one attached hydrogen (secondary N) is 1. The van der Waals surface area contributed by atoms with Crippen molar-refractivity contribution < 1.29 is 33.5 Å². The zero-order valence-corrected chi connectivity index (χ0v) is 16.5. The molecule has 1 atom stereocenters. The van der Waals surface area contributed by atoms with Crippen LogP contribution >= 0.6 is 0 Å². The number of carbonyl (C=O) groups excluding carboxylic acids is 3. The Kier molecular flexibility index (Phi) is 7.45. The summed E-state index contributed by atoms with van der Waals surface area (Å²) < 4.78 is 14.6. The Morgan fingerprint density at radius 2 is 1.73 bits per heavy atom. The smallest absolute Gasteiger partial charge is 0.337 e. The maximum atomic E-state index is 12.6. The molecule has 0 heterocycles. The molecule has 2 aromatic carbocycles. The minimum absolute atomic E-state index is 0.111. The first-order chi connectivity index (χ1) is 14.3. The Bertz CT molecular complexity index is 973. The number of carbonyl (C=O) groups is 3. The predicted molar refractivity (Wildman–Crippen MR) is 104 cm³/mol. The van der Waals surface area contributed by atoms with Gasteiger partial charge in [0.25, 0.3) is 11.6 Å². The highest BCUT2D eigenvalue weighted by molar-refractivity contribution is 5.99. The van der Waals surface area contributed by atoms with Gasteiger partial charge in [-0.3, -0.25) is 14.9 Å². The number of hydrogen-bond donors (Lipinski definition) is 1. The van der Waals surface area contributed by atoms with Crippen LogP contribution in [0.5, 0.6) is 5.75 Å². The van der Waals surface area contributed by atoms with E-state index in [-0.39, 0.29) is 23.2 Å². The van der Waals surface area contributed by atoms with Crippen molar-refractivity contribution >= 4 is 23.5 Å². The van der Waals surface area contributed by atoms with E-state index in [0.717, 1.165) is 7.11 Å². The molecule has 2 rings (SSSR count). The number of rotatable bonds is 8. The summed E-state index contributed by atoms with van der Waals surface area (Å²) in [5, 5.41) is 13.6. The molecule has 0 spiro atoms. The fourth-order valence-electron chi connectivity index (χ4n) is 2.74. The van der Waals surface area contributed by atoms with Crippen LogP contribution in [0.2, 0.25) is 0 Å². The molecule has 0 bridgehead atoms. The Morgan fingerprint density at radius 1 is 1.03 bits per heavy atom. The number of benzene rings is 2. The highest BCUT2D eigenvalue weighted by Crippen LogP contribution is 2.25. The van der Waals surface area contributed by atoms with E-state index in [4.69, 9.17) is 9.47 Å². The number of nitro groups is 1. The normalized spacial score (nSPS) is 11.2. The third-order valence-corrected chi connectivity index (χ3v) is 4.24. The van der Waals surface area contributed by atoms with Crippen LogP contribution in [0.25, 0.3) is 0 Å². The summed E-state index contributed by atoms with van der Waals surface area (Å²) in [5.74, 6) is -1.69. The molecule has 2 aromatic rings. The molecular weight excluding hydrogens is 396 g/mol. The quantitative estimate of drug-likeness (QED) is 0.392. The number of nitrogens with zero attached hydrogens (tertiary/aromatic N) is 1. The molecular formula is C20H20N2O8. The van der Waals surface area contributed by atoms with E-state index < -0.39 is 28.8 Å². The van der Waals surface area contributed by atoms with Crippen molar-refractivity contribution in [2.24, 2.45) is 0 Å². The largest absolute Gasteiger partial charge is 0.496 e. The Hall–Kier alpha value is -3.95. The monoisotopic (exact) mass is 416 g/mol. The van der Waals surface area contributed by atoms with E-state index in [1.165, 1.54) is 56.7 Å². The van der Waals surface area contributed by atoms with Crippen molar-refractivity contribution in [3.63, 3.8) is 0 Å². The van der Waals surface area contributed by atoms with Crippen LogP contribution in [0.3, 0.4) is 0 Å². The summed E-state index contributed by atoms with van der Waals surface area (Å²) in [5.41, 5.74) is 0.440. The van der Waals surface area contributed by atoms with Crippen LogP contribution < -0.4 is 10.1 Å². The van der Waals surface area contributed by atoms with Gasteiger partial charge >= 0.3 is 11.9 Å². The molecule has 0 fully saturated rings. The highest BCUT2D eigenvalue weighted by Gasteiger charge is 2.25. The van der Waals surface area contributed by atoms with E-state index >= 15 is 0 Å². The number of nitro benzene ring substituents is 1. The lowest BCUT2D eigenvalue weighted by Gasteiger charge is -2.18. The lowest BCUT2D eigenvalue weighted by molar-refractivity contribution is -0.384. The molecule has 1 amide bonds. The summed E-state index contributed by atoms with van der Waals surface area (Å²) >= 11 is 0. The number of hydrogen-bond acceptors (Lipinski definition) is 8. The van der Waals surface area contributed by atoms with E-state index in [0.29, 0.717) is 11.3 Å². The van der Waals surface area contributed by atoms with Crippen LogP contribution in [0.15, 0.2) is 42.5 Å². The molecule has 0 aliphatic carbocycles. The Balaban J connectivity index is 2.31. The summed E-state index contributed by atoms with van der Waals surface area (Å²) in [7, 11) is 3.76. The first kappa shape index (κ1) is 22.3. The molecule has 1 N–H and O–H groups in total. The average molecular weight is 416 g/mol. The molecule has 0 aliphatic heterocycles. The zero-order chi connectivity index (χ0) is 22.3. The Labute approximate surface area is 171 Å². The Morgan fingerprint density at radius 3 is 2.33 bits per heavy atom. The van der Waals surface area contributed by atoms with E-state index in [1.807, 2.05) is 0 Å². The molecule has 0 aliphatic rings. The van der Waals surface area contributed by atoms with Gasteiger partial charge in [-0.15, -0.1) is 0 Å². The SMILES string of the molecule is COC(=O)c1cccc(C(=O)N[C@@H](Cc2cc([N+](=O)[O-])ccc2OC)C(=O)OC)c1. The second-order valence-corrected chi connectivity index (χ2v) is 6.08. The minimum atomic E-state index is -1.15. The van der Waals surface area contributed by atoms with Crippen LogP contribution in [0, 0.1) is 10.1 Å². The number of methoxy groups -OCH3 is 3. The van der Waals surface area contributed by atoms with Gasteiger partial charge in [0.05, 0.1) is 31.8 Å². The van der Waals surface area contributed by atoms with Crippen molar-refractivity contribution in [2.75, 3.05) is 21.3 Å². The van der Waals surface area contributed by atoms with Crippen molar-refractivity contribution in [1.82, 2.24) is 5.32 Å². The van der Waals surface area contributed by atoms with Gasteiger partial charge in [-0.1, -0.05) is 6.07 Å². The van der Waals surface area contributed by atoms with Gasteiger partial charge < -0.3 is 19.5 Å². The van der Waals surface area contributed by atoms with Crippen molar-refractivity contribution in [1.29, 1.82) is 0 Å². The lowest BCUT2D eigenvalue weighted by atomic mass is 10.0. The first-order valence-electron chi connectivity index (χ1n) is 8.69. The number of amides is 1. The fraction of sp³-hybridized carbons (Fsp3) is 0.250. The molecule has 10 nitrogen and oxygen atoms in total. The van der Waals surface area contributed by atoms with Gasteiger partial charge in [0.15, 0.2) is 0 Å². The topological polar surface area (TPSA) is 134 Å². The summed E-state index contributed by atoms with van der Waals surface area (Å²) in [4.78, 5) is 47.0. The molecule has 0 unspecified atom stereocenters. The second-order valence-electron chi connectivity index (χ2n) is 6.08. The molecule has 30 heavy (non-hydrogen) atoms. The molecule has 10 heteroatoms.